The molecule has 2 rings (SSSR count). The average Bonchev–Trinajstić information content (AvgIpc) is 2.38. The van der Waals surface area contributed by atoms with Crippen LogP contribution in [-0.2, 0) is 4.74 Å². The van der Waals surface area contributed by atoms with Gasteiger partial charge in [-0.15, -0.1) is 0 Å². The summed E-state index contributed by atoms with van der Waals surface area (Å²) < 4.78 is 5.27. The zero-order valence-corrected chi connectivity index (χ0v) is 10.1. The topological polar surface area (TPSA) is 102 Å². The summed E-state index contributed by atoms with van der Waals surface area (Å²) in [7, 11) is 0. The Balaban J connectivity index is 2.32. The number of rotatable bonds is 3. The molecule has 0 spiro atoms. The lowest BCUT2D eigenvalue weighted by Crippen LogP contribution is -2.44. The molecule has 2 heterocycles. The highest BCUT2D eigenvalue weighted by Gasteiger charge is 2.29. The molecule has 0 aliphatic carbocycles. The van der Waals surface area contributed by atoms with Crippen LogP contribution in [0.2, 0.25) is 5.15 Å². The fraction of sp³-hybridized carbons (Fsp3) is 0.556. The Bertz CT molecular complexity index is 458. The van der Waals surface area contributed by atoms with Gasteiger partial charge in [-0.05, 0) is 0 Å². The molecule has 1 N–H and O–H groups in total. The van der Waals surface area contributed by atoms with Crippen molar-refractivity contribution in [2.75, 3.05) is 31.2 Å². The number of nitrogens with zero attached hydrogens (tertiary/aromatic N) is 4. The third-order valence-corrected chi connectivity index (χ3v) is 2.86. The SMILES string of the molecule is O=[N+]([O-])c1c(Cl)ncnc1N1CCOC(CO)C1. The van der Waals surface area contributed by atoms with Crippen LogP contribution in [0.25, 0.3) is 0 Å². The second-order valence-corrected chi connectivity index (χ2v) is 4.07. The number of aliphatic hydroxyl groups excluding tert-OH is 1. The Labute approximate surface area is 107 Å². The van der Waals surface area contributed by atoms with Gasteiger partial charge < -0.3 is 14.7 Å². The first-order valence-corrected chi connectivity index (χ1v) is 5.63. The minimum Gasteiger partial charge on any atom is -0.394 e. The second-order valence-electron chi connectivity index (χ2n) is 3.72. The molecule has 18 heavy (non-hydrogen) atoms. The van der Waals surface area contributed by atoms with E-state index in [1.54, 1.807) is 4.90 Å². The highest BCUT2D eigenvalue weighted by molar-refractivity contribution is 6.31. The van der Waals surface area contributed by atoms with E-state index in [1.165, 1.54) is 6.33 Å². The lowest BCUT2D eigenvalue weighted by atomic mass is 10.2. The summed E-state index contributed by atoms with van der Waals surface area (Å²) in [6, 6.07) is 0. The Hall–Kier alpha value is -1.51. The van der Waals surface area contributed by atoms with Crippen molar-refractivity contribution in [2.45, 2.75) is 6.10 Å². The summed E-state index contributed by atoms with van der Waals surface area (Å²) in [4.78, 5) is 19.5. The van der Waals surface area contributed by atoms with Gasteiger partial charge in [0.25, 0.3) is 0 Å². The van der Waals surface area contributed by atoms with E-state index in [0.717, 1.165) is 0 Å². The molecule has 0 amide bonds. The minimum atomic E-state index is -0.610. The number of hydrogen-bond donors (Lipinski definition) is 1. The molecule has 1 atom stereocenters. The van der Waals surface area contributed by atoms with Crippen molar-refractivity contribution in [3.8, 4) is 0 Å². The van der Waals surface area contributed by atoms with Crippen molar-refractivity contribution in [1.82, 2.24) is 9.97 Å². The van der Waals surface area contributed by atoms with Gasteiger partial charge in [0.05, 0.1) is 24.2 Å². The molecule has 1 aliphatic rings. The molecular formula is C9H11ClN4O4. The van der Waals surface area contributed by atoms with Gasteiger partial charge >= 0.3 is 5.69 Å². The number of morpholine rings is 1. The lowest BCUT2D eigenvalue weighted by Gasteiger charge is -2.32. The Morgan fingerprint density at radius 3 is 3.11 bits per heavy atom. The Morgan fingerprint density at radius 2 is 2.44 bits per heavy atom. The Kier molecular flexibility index (Phi) is 3.90. The predicted molar refractivity (Wildman–Crippen MR) is 62.7 cm³/mol. The van der Waals surface area contributed by atoms with E-state index in [-0.39, 0.29) is 29.4 Å². The summed E-state index contributed by atoms with van der Waals surface area (Å²) in [6.45, 7) is 0.989. The summed E-state index contributed by atoms with van der Waals surface area (Å²) in [5.74, 6) is 0.154. The second kappa shape index (κ2) is 5.42. The molecule has 1 saturated heterocycles. The van der Waals surface area contributed by atoms with Crippen LogP contribution in [0.5, 0.6) is 0 Å². The van der Waals surface area contributed by atoms with Crippen LogP contribution in [0, 0.1) is 10.1 Å². The smallest absolute Gasteiger partial charge is 0.348 e. The highest BCUT2D eigenvalue weighted by Crippen LogP contribution is 2.31. The first-order chi connectivity index (χ1) is 8.63. The van der Waals surface area contributed by atoms with Gasteiger partial charge in [-0.25, -0.2) is 9.97 Å². The first kappa shape index (κ1) is 12.9. The quantitative estimate of drug-likeness (QED) is 0.478. The number of hydrogen-bond acceptors (Lipinski definition) is 7. The van der Waals surface area contributed by atoms with Crippen molar-refractivity contribution in [3.05, 3.63) is 21.6 Å². The van der Waals surface area contributed by atoms with Crippen molar-refractivity contribution in [2.24, 2.45) is 0 Å². The van der Waals surface area contributed by atoms with Gasteiger partial charge in [-0.3, -0.25) is 10.1 Å². The van der Waals surface area contributed by atoms with E-state index in [9.17, 15) is 10.1 Å². The third-order valence-electron chi connectivity index (χ3n) is 2.58. The number of aliphatic hydroxyl groups is 1. The Morgan fingerprint density at radius 1 is 1.67 bits per heavy atom. The summed E-state index contributed by atoms with van der Waals surface area (Å²) >= 11 is 5.71. The van der Waals surface area contributed by atoms with Crippen LogP contribution in [0.4, 0.5) is 11.5 Å². The maximum Gasteiger partial charge on any atom is 0.348 e. The molecule has 98 valence electrons. The van der Waals surface area contributed by atoms with E-state index >= 15 is 0 Å². The van der Waals surface area contributed by atoms with Crippen LogP contribution >= 0.6 is 11.6 Å². The van der Waals surface area contributed by atoms with E-state index in [0.29, 0.717) is 19.7 Å². The van der Waals surface area contributed by atoms with Crippen LogP contribution in [0.15, 0.2) is 6.33 Å². The van der Waals surface area contributed by atoms with Crippen molar-refractivity contribution in [1.29, 1.82) is 0 Å². The molecule has 1 aliphatic heterocycles. The van der Waals surface area contributed by atoms with Gasteiger partial charge in [-0.2, -0.15) is 0 Å². The molecule has 1 aromatic heterocycles. The zero-order chi connectivity index (χ0) is 13.1. The maximum atomic E-state index is 11.0. The minimum absolute atomic E-state index is 0.150. The molecule has 0 aromatic carbocycles. The van der Waals surface area contributed by atoms with Crippen molar-refractivity contribution in [3.63, 3.8) is 0 Å². The molecule has 0 radical (unpaired) electrons. The average molecular weight is 275 g/mol. The standard InChI is InChI=1S/C9H11ClN4O4/c10-8-7(14(16)17)9(12-5-11-8)13-1-2-18-6(3-13)4-15/h5-6,15H,1-4H2. The van der Waals surface area contributed by atoms with Crippen LogP contribution in [0.1, 0.15) is 0 Å². The first-order valence-electron chi connectivity index (χ1n) is 5.25. The summed E-state index contributed by atoms with van der Waals surface area (Å²) in [5, 5.41) is 19.8. The normalized spacial score (nSPS) is 19.9. The molecule has 0 saturated carbocycles. The monoisotopic (exact) mass is 274 g/mol. The van der Waals surface area contributed by atoms with Crippen LogP contribution < -0.4 is 4.90 Å². The number of ether oxygens (including phenoxy) is 1. The summed E-state index contributed by atoms with van der Waals surface area (Å²) in [6.07, 6.45) is 0.792. The molecule has 8 nitrogen and oxygen atoms in total. The maximum absolute atomic E-state index is 11.0. The molecule has 0 bridgehead atoms. The van der Waals surface area contributed by atoms with E-state index in [1.807, 2.05) is 0 Å². The zero-order valence-electron chi connectivity index (χ0n) is 9.32. The fourth-order valence-electron chi connectivity index (χ4n) is 1.76. The number of halogens is 1. The fourth-order valence-corrected chi connectivity index (χ4v) is 1.96. The number of nitro groups is 1. The largest absolute Gasteiger partial charge is 0.394 e. The third kappa shape index (κ3) is 2.50. The van der Waals surface area contributed by atoms with Gasteiger partial charge in [0.1, 0.15) is 6.33 Å². The van der Waals surface area contributed by atoms with Crippen LogP contribution in [0.3, 0.4) is 0 Å². The highest BCUT2D eigenvalue weighted by atomic mass is 35.5. The molecule has 1 aromatic rings. The van der Waals surface area contributed by atoms with Gasteiger partial charge in [-0.1, -0.05) is 11.6 Å². The van der Waals surface area contributed by atoms with Gasteiger partial charge in [0.15, 0.2) is 0 Å². The van der Waals surface area contributed by atoms with E-state index < -0.39 is 4.92 Å². The van der Waals surface area contributed by atoms with E-state index in [2.05, 4.69) is 9.97 Å². The lowest BCUT2D eigenvalue weighted by molar-refractivity contribution is -0.384. The molecule has 9 heteroatoms. The van der Waals surface area contributed by atoms with Crippen molar-refractivity contribution >= 4 is 23.1 Å². The molecule has 1 unspecified atom stereocenters. The van der Waals surface area contributed by atoms with Crippen LogP contribution in [-0.4, -0.2) is 52.4 Å². The molecular weight excluding hydrogens is 264 g/mol. The summed E-state index contributed by atoms with van der Waals surface area (Å²) in [5.41, 5.74) is -0.322. The predicted octanol–water partition coefficient (Wildman–Crippen LogP) is 0.236. The number of anilines is 1. The molecule has 1 fully saturated rings. The van der Waals surface area contributed by atoms with Crippen molar-refractivity contribution < 1.29 is 14.8 Å². The number of aromatic nitrogens is 2. The van der Waals surface area contributed by atoms with Gasteiger partial charge in [0.2, 0.25) is 11.0 Å². The van der Waals surface area contributed by atoms with Gasteiger partial charge in [0, 0.05) is 13.1 Å². The van der Waals surface area contributed by atoms with E-state index in [4.69, 9.17) is 21.4 Å².